The van der Waals surface area contributed by atoms with E-state index in [0.29, 0.717) is 29.1 Å². The molecule has 0 bridgehead atoms. The number of thiol groups is 1. The van der Waals surface area contributed by atoms with Crippen LogP contribution in [-0.4, -0.2) is 12.6 Å². The molecule has 0 saturated carbocycles. The van der Waals surface area contributed by atoms with Crippen LogP contribution in [0.3, 0.4) is 0 Å². The first-order valence-electron chi connectivity index (χ1n) is 5.07. The lowest BCUT2D eigenvalue weighted by atomic mass is 10.00. The van der Waals surface area contributed by atoms with Gasteiger partial charge in [0.25, 0.3) is 0 Å². The van der Waals surface area contributed by atoms with Crippen molar-refractivity contribution in [1.29, 1.82) is 5.26 Å². The summed E-state index contributed by atoms with van der Waals surface area (Å²) in [5.41, 5.74) is 1.45. The fraction of sp³-hybridized carbons (Fsp3) is 0.333. The van der Waals surface area contributed by atoms with Crippen molar-refractivity contribution in [2.45, 2.75) is 25.2 Å². The van der Waals surface area contributed by atoms with Crippen molar-refractivity contribution in [3.05, 3.63) is 28.8 Å². The number of carbonyl (C=O) groups is 1. The Bertz CT molecular complexity index is 449. The second-order valence-corrected chi connectivity index (χ2v) is 3.65. The highest BCUT2D eigenvalue weighted by molar-refractivity contribution is 7.80. The van der Waals surface area contributed by atoms with Gasteiger partial charge in [0.05, 0.1) is 17.7 Å². The molecular formula is C12H13NO2S. The lowest BCUT2D eigenvalue weighted by Gasteiger charge is -2.11. The zero-order valence-corrected chi connectivity index (χ0v) is 10.2. The minimum Gasteiger partial charge on any atom is -0.462 e. The quantitative estimate of drug-likeness (QED) is 0.647. The summed E-state index contributed by atoms with van der Waals surface area (Å²) in [6.07, 6.45) is 0.641. The van der Waals surface area contributed by atoms with Gasteiger partial charge in [0.2, 0.25) is 0 Å². The summed E-state index contributed by atoms with van der Waals surface area (Å²) in [5, 5.41) is 8.96. The first-order valence-corrected chi connectivity index (χ1v) is 5.52. The Morgan fingerprint density at radius 1 is 1.50 bits per heavy atom. The van der Waals surface area contributed by atoms with Crippen LogP contribution in [0.5, 0.6) is 0 Å². The average molecular weight is 235 g/mol. The molecule has 3 nitrogen and oxygen atoms in total. The molecule has 1 aromatic rings. The van der Waals surface area contributed by atoms with E-state index in [1.807, 2.05) is 13.0 Å². The standard InChI is InChI=1S/C12H13NO2S/c1-3-9-10(16)6-5-8(7-13)11(9)12(14)15-4-2/h5-6,16H,3-4H2,1-2H3. The molecule has 4 heteroatoms. The van der Waals surface area contributed by atoms with Gasteiger partial charge in [-0.25, -0.2) is 4.79 Å². The summed E-state index contributed by atoms with van der Waals surface area (Å²) in [6.45, 7) is 3.95. The summed E-state index contributed by atoms with van der Waals surface area (Å²) >= 11 is 4.28. The average Bonchev–Trinajstić information content (AvgIpc) is 2.28. The molecule has 0 radical (unpaired) electrons. The molecule has 0 N–H and O–H groups in total. The fourth-order valence-electron chi connectivity index (χ4n) is 1.52. The minimum atomic E-state index is -0.452. The van der Waals surface area contributed by atoms with E-state index in [2.05, 4.69) is 12.6 Å². The van der Waals surface area contributed by atoms with Gasteiger partial charge in [0, 0.05) is 4.90 Å². The molecule has 0 spiro atoms. The first-order chi connectivity index (χ1) is 7.65. The van der Waals surface area contributed by atoms with Crippen LogP contribution in [0, 0.1) is 11.3 Å². The lowest BCUT2D eigenvalue weighted by molar-refractivity contribution is 0.0524. The predicted molar refractivity (Wildman–Crippen MR) is 63.7 cm³/mol. The minimum absolute atomic E-state index is 0.295. The summed E-state index contributed by atoms with van der Waals surface area (Å²) in [6, 6.07) is 5.32. The van der Waals surface area contributed by atoms with Crippen molar-refractivity contribution in [2.24, 2.45) is 0 Å². The van der Waals surface area contributed by atoms with Gasteiger partial charge in [-0.3, -0.25) is 0 Å². The molecular weight excluding hydrogens is 222 g/mol. The van der Waals surface area contributed by atoms with Crippen molar-refractivity contribution in [2.75, 3.05) is 6.61 Å². The van der Waals surface area contributed by atoms with E-state index in [9.17, 15) is 4.79 Å². The van der Waals surface area contributed by atoms with Gasteiger partial charge < -0.3 is 4.74 Å². The van der Waals surface area contributed by atoms with Gasteiger partial charge in [-0.15, -0.1) is 12.6 Å². The Kier molecular flexibility index (Phi) is 4.39. The molecule has 0 amide bonds. The second-order valence-electron chi connectivity index (χ2n) is 3.17. The molecule has 0 atom stereocenters. The maximum absolute atomic E-state index is 11.7. The molecule has 0 aliphatic heterocycles. The summed E-state index contributed by atoms with van der Waals surface area (Å²) in [4.78, 5) is 12.5. The van der Waals surface area contributed by atoms with E-state index in [0.717, 1.165) is 5.56 Å². The van der Waals surface area contributed by atoms with E-state index in [4.69, 9.17) is 10.00 Å². The van der Waals surface area contributed by atoms with Crippen LogP contribution in [0.2, 0.25) is 0 Å². The van der Waals surface area contributed by atoms with Crippen molar-refractivity contribution in [3.8, 4) is 6.07 Å². The van der Waals surface area contributed by atoms with Crippen LogP contribution in [0.1, 0.15) is 35.3 Å². The van der Waals surface area contributed by atoms with E-state index in [1.165, 1.54) is 0 Å². The van der Waals surface area contributed by atoms with Crippen molar-refractivity contribution in [1.82, 2.24) is 0 Å². The SMILES string of the molecule is CCOC(=O)c1c(C#N)ccc(S)c1CC. The number of ether oxygens (including phenoxy) is 1. The highest BCUT2D eigenvalue weighted by Gasteiger charge is 2.18. The third-order valence-corrected chi connectivity index (χ3v) is 2.66. The molecule has 84 valence electrons. The molecule has 16 heavy (non-hydrogen) atoms. The largest absolute Gasteiger partial charge is 0.462 e. The van der Waals surface area contributed by atoms with Crippen molar-refractivity contribution < 1.29 is 9.53 Å². The van der Waals surface area contributed by atoms with Gasteiger partial charge >= 0.3 is 5.97 Å². The third kappa shape index (κ3) is 2.37. The van der Waals surface area contributed by atoms with Crippen LogP contribution >= 0.6 is 12.6 Å². The zero-order chi connectivity index (χ0) is 12.1. The predicted octanol–water partition coefficient (Wildman–Crippen LogP) is 2.59. The highest BCUT2D eigenvalue weighted by atomic mass is 32.1. The Labute approximate surface area is 100 Å². The Hall–Kier alpha value is -1.47. The first kappa shape index (κ1) is 12.6. The van der Waals surface area contributed by atoms with E-state index in [1.54, 1.807) is 19.1 Å². The summed E-state index contributed by atoms with van der Waals surface area (Å²) < 4.78 is 4.94. The van der Waals surface area contributed by atoms with Crippen LogP contribution in [0.15, 0.2) is 17.0 Å². The molecule has 0 aromatic heterocycles. The van der Waals surface area contributed by atoms with Gasteiger partial charge in [-0.1, -0.05) is 6.92 Å². The lowest BCUT2D eigenvalue weighted by Crippen LogP contribution is -2.11. The Balaban J connectivity index is 3.37. The van der Waals surface area contributed by atoms with Crippen LogP contribution in [0.25, 0.3) is 0 Å². The summed E-state index contributed by atoms with van der Waals surface area (Å²) in [7, 11) is 0. The molecule has 0 unspecified atom stereocenters. The number of nitriles is 1. The molecule has 0 heterocycles. The van der Waals surface area contributed by atoms with Crippen molar-refractivity contribution in [3.63, 3.8) is 0 Å². The van der Waals surface area contributed by atoms with E-state index < -0.39 is 5.97 Å². The number of nitrogens with zero attached hydrogens (tertiary/aromatic N) is 1. The molecule has 0 aliphatic rings. The van der Waals surface area contributed by atoms with Crippen LogP contribution in [-0.2, 0) is 11.2 Å². The molecule has 1 rings (SSSR count). The Morgan fingerprint density at radius 3 is 2.69 bits per heavy atom. The van der Waals surface area contributed by atoms with Gasteiger partial charge in [0.15, 0.2) is 0 Å². The topological polar surface area (TPSA) is 50.1 Å². The number of rotatable bonds is 3. The molecule has 0 saturated heterocycles. The van der Waals surface area contributed by atoms with Gasteiger partial charge in [0.1, 0.15) is 6.07 Å². The molecule has 0 aliphatic carbocycles. The number of hydrogen-bond acceptors (Lipinski definition) is 4. The number of esters is 1. The fourth-order valence-corrected chi connectivity index (χ4v) is 1.87. The van der Waals surface area contributed by atoms with Crippen LogP contribution in [0.4, 0.5) is 0 Å². The van der Waals surface area contributed by atoms with E-state index >= 15 is 0 Å². The van der Waals surface area contributed by atoms with E-state index in [-0.39, 0.29) is 0 Å². The monoisotopic (exact) mass is 235 g/mol. The number of carbonyl (C=O) groups excluding carboxylic acids is 1. The highest BCUT2D eigenvalue weighted by Crippen LogP contribution is 2.23. The van der Waals surface area contributed by atoms with Gasteiger partial charge in [-0.05, 0) is 31.0 Å². The maximum Gasteiger partial charge on any atom is 0.339 e. The van der Waals surface area contributed by atoms with Crippen LogP contribution < -0.4 is 0 Å². The smallest absolute Gasteiger partial charge is 0.339 e. The molecule has 0 fully saturated rings. The number of benzene rings is 1. The number of hydrogen-bond donors (Lipinski definition) is 1. The molecule has 1 aromatic carbocycles. The van der Waals surface area contributed by atoms with Crippen molar-refractivity contribution >= 4 is 18.6 Å². The normalized spacial score (nSPS) is 9.62. The van der Waals surface area contributed by atoms with Gasteiger partial charge in [-0.2, -0.15) is 5.26 Å². The maximum atomic E-state index is 11.7. The third-order valence-electron chi connectivity index (χ3n) is 2.24. The summed E-state index contributed by atoms with van der Waals surface area (Å²) in [5.74, 6) is -0.452. The Morgan fingerprint density at radius 2 is 2.19 bits per heavy atom. The second kappa shape index (κ2) is 5.57. The zero-order valence-electron chi connectivity index (χ0n) is 9.28.